The van der Waals surface area contributed by atoms with Crippen LogP contribution in [-0.2, 0) is 16.0 Å². The molecule has 25 heavy (non-hydrogen) atoms. The number of likely N-dealkylation sites (N-methyl/N-ethyl adjacent to an activating group) is 1. The summed E-state index contributed by atoms with van der Waals surface area (Å²) in [7, 11) is 1.72. The Balaban J connectivity index is 1.64. The van der Waals surface area contributed by atoms with Gasteiger partial charge in [-0.1, -0.05) is 18.2 Å². The number of halogens is 1. The second kappa shape index (κ2) is 8.25. The van der Waals surface area contributed by atoms with Crippen LogP contribution in [-0.4, -0.2) is 72.4 Å². The number of hydrogen-bond donors (Lipinski definition) is 1. The number of aliphatic hydroxyl groups is 1. The maximum absolute atomic E-state index is 13.8. The van der Waals surface area contributed by atoms with Gasteiger partial charge in [-0.25, -0.2) is 4.39 Å². The second-order valence-corrected chi connectivity index (χ2v) is 6.98. The van der Waals surface area contributed by atoms with Crippen LogP contribution in [0.1, 0.15) is 24.8 Å². The highest BCUT2D eigenvalue weighted by Crippen LogP contribution is 2.27. The van der Waals surface area contributed by atoms with Crippen molar-refractivity contribution >= 4 is 5.91 Å². The van der Waals surface area contributed by atoms with Crippen molar-refractivity contribution < 1.29 is 19.0 Å². The van der Waals surface area contributed by atoms with Gasteiger partial charge in [0.25, 0.3) is 0 Å². The van der Waals surface area contributed by atoms with Crippen LogP contribution in [0.5, 0.6) is 0 Å². The number of nitrogens with zero attached hydrogens (tertiary/aromatic N) is 2. The highest BCUT2D eigenvalue weighted by Gasteiger charge is 2.39. The van der Waals surface area contributed by atoms with Gasteiger partial charge in [0, 0.05) is 26.2 Å². The molecule has 1 saturated carbocycles. The average Bonchev–Trinajstić information content (AvgIpc) is 2.64. The van der Waals surface area contributed by atoms with E-state index in [4.69, 9.17) is 4.74 Å². The Morgan fingerprint density at radius 3 is 2.76 bits per heavy atom. The summed E-state index contributed by atoms with van der Waals surface area (Å²) in [5.41, 5.74) is 0.398. The van der Waals surface area contributed by atoms with Gasteiger partial charge < -0.3 is 14.7 Å². The lowest BCUT2D eigenvalue weighted by Gasteiger charge is -2.45. The summed E-state index contributed by atoms with van der Waals surface area (Å²) in [6, 6.07) is 6.19. The first-order valence-corrected chi connectivity index (χ1v) is 9.07. The van der Waals surface area contributed by atoms with Gasteiger partial charge in [0.15, 0.2) is 0 Å². The fourth-order valence-corrected chi connectivity index (χ4v) is 3.98. The van der Waals surface area contributed by atoms with Crippen LogP contribution in [0.3, 0.4) is 0 Å². The molecule has 0 spiro atoms. The van der Waals surface area contributed by atoms with E-state index in [9.17, 15) is 14.3 Å². The van der Waals surface area contributed by atoms with E-state index in [0.29, 0.717) is 18.8 Å². The maximum Gasteiger partial charge on any atom is 0.227 e. The number of aliphatic hydroxyl groups excluding tert-OH is 1. The molecule has 0 radical (unpaired) electrons. The van der Waals surface area contributed by atoms with E-state index in [-0.39, 0.29) is 30.2 Å². The van der Waals surface area contributed by atoms with Crippen LogP contribution in [0.15, 0.2) is 24.3 Å². The largest absolute Gasteiger partial charge is 0.389 e. The summed E-state index contributed by atoms with van der Waals surface area (Å²) >= 11 is 0. The van der Waals surface area contributed by atoms with E-state index in [1.807, 2.05) is 0 Å². The predicted octanol–water partition coefficient (Wildman–Crippen LogP) is 1.44. The molecule has 138 valence electrons. The van der Waals surface area contributed by atoms with E-state index in [1.54, 1.807) is 30.1 Å². The number of morpholine rings is 1. The van der Waals surface area contributed by atoms with E-state index in [0.717, 1.165) is 32.4 Å². The minimum atomic E-state index is -0.582. The van der Waals surface area contributed by atoms with Crippen molar-refractivity contribution in [3.8, 4) is 0 Å². The molecule has 1 aromatic rings. The molecule has 3 atom stereocenters. The summed E-state index contributed by atoms with van der Waals surface area (Å²) in [4.78, 5) is 16.5. The first-order chi connectivity index (χ1) is 12.1. The second-order valence-electron chi connectivity index (χ2n) is 6.98. The minimum absolute atomic E-state index is 0.0224. The molecule has 1 saturated heterocycles. The van der Waals surface area contributed by atoms with Crippen molar-refractivity contribution in [2.24, 2.45) is 0 Å². The molecule has 5 nitrogen and oxygen atoms in total. The lowest BCUT2D eigenvalue weighted by Crippen LogP contribution is -2.58. The van der Waals surface area contributed by atoms with Gasteiger partial charge in [0.1, 0.15) is 5.82 Å². The minimum Gasteiger partial charge on any atom is -0.389 e. The van der Waals surface area contributed by atoms with Crippen molar-refractivity contribution in [1.82, 2.24) is 9.80 Å². The van der Waals surface area contributed by atoms with Crippen molar-refractivity contribution in [2.45, 2.75) is 43.9 Å². The van der Waals surface area contributed by atoms with Gasteiger partial charge in [-0.15, -0.1) is 0 Å². The lowest BCUT2D eigenvalue weighted by atomic mass is 9.86. The number of hydrogen-bond acceptors (Lipinski definition) is 4. The van der Waals surface area contributed by atoms with E-state index in [1.165, 1.54) is 6.07 Å². The summed E-state index contributed by atoms with van der Waals surface area (Å²) in [5.74, 6) is -0.517. The molecule has 1 heterocycles. The molecule has 2 aliphatic rings. The Bertz CT molecular complexity index is 592. The smallest absolute Gasteiger partial charge is 0.227 e. The van der Waals surface area contributed by atoms with Gasteiger partial charge in [0.05, 0.1) is 31.8 Å². The van der Waals surface area contributed by atoms with Crippen LogP contribution < -0.4 is 0 Å². The zero-order valence-corrected chi connectivity index (χ0v) is 14.7. The molecule has 1 aromatic carbocycles. The molecule has 0 bridgehead atoms. The molecular formula is C19H27FN2O3. The van der Waals surface area contributed by atoms with Gasteiger partial charge in [-0.2, -0.15) is 0 Å². The Kier molecular flexibility index (Phi) is 6.04. The summed E-state index contributed by atoms with van der Waals surface area (Å²) in [5, 5.41) is 10.9. The van der Waals surface area contributed by atoms with Gasteiger partial charge in [0.2, 0.25) is 5.91 Å². The summed E-state index contributed by atoms with van der Waals surface area (Å²) in [6.07, 6.45) is 2.13. The molecule has 1 amide bonds. The van der Waals surface area contributed by atoms with Gasteiger partial charge in [-0.3, -0.25) is 9.69 Å². The fourth-order valence-electron chi connectivity index (χ4n) is 3.98. The molecular weight excluding hydrogens is 323 g/mol. The van der Waals surface area contributed by atoms with Crippen molar-refractivity contribution in [3.05, 3.63) is 35.6 Å². The van der Waals surface area contributed by atoms with Crippen LogP contribution in [0, 0.1) is 5.82 Å². The first-order valence-electron chi connectivity index (χ1n) is 9.07. The zero-order chi connectivity index (χ0) is 17.8. The zero-order valence-electron chi connectivity index (χ0n) is 14.7. The van der Waals surface area contributed by atoms with Crippen molar-refractivity contribution in [2.75, 3.05) is 33.4 Å². The Hall–Kier alpha value is -1.50. The number of ether oxygens (including phenoxy) is 1. The molecule has 3 rings (SSSR count). The monoisotopic (exact) mass is 350 g/mol. The number of carbonyl (C=O) groups excluding carboxylic acids is 1. The quantitative estimate of drug-likeness (QED) is 0.893. The number of benzene rings is 1. The fraction of sp³-hybridized carbons (Fsp3) is 0.632. The Morgan fingerprint density at radius 1 is 1.32 bits per heavy atom. The number of carbonyl (C=O) groups is 1. The molecule has 6 heteroatoms. The van der Waals surface area contributed by atoms with Crippen molar-refractivity contribution in [1.29, 1.82) is 0 Å². The van der Waals surface area contributed by atoms with Crippen LogP contribution in [0.25, 0.3) is 0 Å². The lowest BCUT2D eigenvalue weighted by molar-refractivity contribution is -0.137. The van der Waals surface area contributed by atoms with Gasteiger partial charge in [-0.05, 0) is 30.9 Å². The Labute approximate surface area is 148 Å². The van der Waals surface area contributed by atoms with E-state index >= 15 is 0 Å². The molecule has 0 unspecified atom stereocenters. The third-order valence-corrected chi connectivity index (χ3v) is 5.49. The molecule has 2 fully saturated rings. The van der Waals surface area contributed by atoms with Crippen LogP contribution in [0.4, 0.5) is 4.39 Å². The van der Waals surface area contributed by atoms with Crippen LogP contribution >= 0.6 is 0 Å². The third-order valence-electron chi connectivity index (χ3n) is 5.49. The average molecular weight is 350 g/mol. The third kappa shape index (κ3) is 4.19. The molecule has 1 N–H and O–H groups in total. The first kappa shape index (κ1) is 18.3. The van der Waals surface area contributed by atoms with E-state index < -0.39 is 6.10 Å². The predicted molar refractivity (Wildman–Crippen MR) is 92.7 cm³/mol. The topological polar surface area (TPSA) is 53.0 Å². The van der Waals surface area contributed by atoms with Crippen molar-refractivity contribution in [3.63, 3.8) is 0 Å². The Morgan fingerprint density at radius 2 is 2.04 bits per heavy atom. The molecule has 1 aliphatic heterocycles. The standard InChI is InChI=1S/C19H27FN2O3/c1-21(18(23)13-14-5-2-3-6-15(14)20)16-7-4-8-17(19(16)24)22-9-11-25-12-10-22/h2-3,5-6,16-17,19,24H,4,7-13H2,1H3/t16-,17-,19-/m1/s1. The normalized spacial score (nSPS) is 27.9. The highest BCUT2D eigenvalue weighted by molar-refractivity contribution is 5.79. The van der Waals surface area contributed by atoms with Crippen LogP contribution in [0.2, 0.25) is 0 Å². The molecule has 0 aromatic heterocycles. The summed E-state index contributed by atoms with van der Waals surface area (Å²) in [6.45, 7) is 3.02. The highest BCUT2D eigenvalue weighted by atomic mass is 19.1. The SMILES string of the molecule is CN(C(=O)Cc1ccccc1F)[C@@H]1CCC[C@@H](N2CCOCC2)[C@@H]1O. The number of amides is 1. The summed E-state index contributed by atoms with van der Waals surface area (Å²) < 4.78 is 19.2. The van der Waals surface area contributed by atoms with E-state index in [2.05, 4.69) is 4.90 Å². The van der Waals surface area contributed by atoms with Gasteiger partial charge >= 0.3 is 0 Å². The number of rotatable bonds is 4. The molecule has 1 aliphatic carbocycles. The maximum atomic E-state index is 13.8.